The van der Waals surface area contributed by atoms with Crippen molar-refractivity contribution < 1.29 is 4.79 Å². The van der Waals surface area contributed by atoms with Crippen LogP contribution in [0.1, 0.15) is 5.56 Å². The van der Waals surface area contributed by atoms with E-state index in [1.54, 1.807) is 29.7 Å². The Hall–Kier alpha value is -1.18. The van der Waals surface area contributed by atoms with Crippen LogP contribution < -0.4 is 5.32 Å². The van der Waals surface area contributed by atoms with E-state index >= 15 is 0 Å². The summed E-state index contributed by atoms with van der Waals surface area (Å²) in [6.45, 7) is 0.614. The average Bonchev–Trinajstić information content (AvgIpc) is 2.99. The highest BCUT2D eigenvalue weighted by Gasteiger charge is 2.04. The molecule has 8 heteroatoms. The molecular formula is C13H15ClN4OS2. The Morgan fingerprint density at radius 3 is 3.00 bits per heavy atom. The molecule has 0 unspecified atom stereocenters. The van der Waals surface area contributed by atoms with Gasteiger partial charge in [-0.05, 0) is 11.6 Å². The fourth-order valence-electron chi connectivity index (χ4n) is 1.53. The number of H-pyrrole nitrogens is 1. The van der Waals surface area contributed by atoms with Crippen LogP contribution in [-0.4, -0.2) is 39.4 Å². The zero-order valence-electron chi connectivity index (χ0n) is 11.2. The van der Waals surface area contributed by atoms with Crippen LogP contribution in [0, 0.1) is 0 Å². The SMILES string of the molecule is O=C(CSCc1ccccc1Cl)NCCSc1cn[nH]n1. The first-order valence-corrected chi connectivity index (χ1v) is 8.84. The number of hydrogen-bond donors (Lipinski definition) is 2. The van der Waals surface area contributed by atoms with Gasteiger partial charge in [0.1, 0.15) is 5.03 Å². The number of nitrogens with one attached hydrogen (secondary N) is 2. The van der Waals surface area contributed by atoms with Crippen LogP contribution in [-0.2, 0) is 10.5 Å². The van der Waals surface area contributed by atoms with E-state index < -0.39 is 0 Å². The molecule has 2 rings (SSSR count). The number of carbonyl (C=O) groups excluding carboxylic acids is 1. The first-order valence-electron chi connectivity index (χ1n) is 6.32. The lowest BCUT2D eigenvalue weighted by molar-refractivity contribution is -0.118. The summed E-state index contributed by atoms with van der Waals surface area (Å²) in [4.78, 5) is 11.7. The number of aromatic amines is 1. The van der Waals surface area contributed by atoms with Gasteiger partial charge in [-0.15, -0.1) is 28.6 Å². The number of thioether (sulfide) groups is 2. The Morgan fingerprint density at radius 2 is 2.24 bits per heavy atom. The molecule has 0 saturated carbocycles. The molecule has 1 amide bonds. The van der Waals surface area contributed by atoms with Crippen LogP contribution in [0.25, 0.3) is 0 Å². The molecule has 0 saturated heterocycles. The molecular weight excluding hydrogens is 328 g/mol. The van der Waals surface area contributed by atoms with Crippen LogP contribution in [0.2, 0.25) is 5.02 Å². The largest absolute Gasteiger partial charge is 0.355 e. The molecule has 0 atom stereocenters. The lowest BCUT2D eigenvalue weighted by Crippen LogP contribution is -2.27. The molecule has 0 aliphatic heterocycles. The third-order valence-corrected chi connectivity index (χ3v) is 4.77. The van der Waals surface area contributed by atoms with Crippen molar-refractivity contribution in [2.45, 2.75) is 10.8 Å². The first kappa shape index (κ1) is 16.2. The summed E-state index contributed by atoms with van der Waals surface area (Å²) in [7, 11) is 0. The molecule has 0 radical (unpaired) electrons. The van der Waals surface area contributed by atoms with E-state index in [0.717, 1.165) is 27.1 Å². The van der Waals surface area contributed by atoms with Gasteiger partial charge in [0.05, 0.1) is 11.9 Å². The molecule has 2 aromatic rings. The zero-order chi connectivity index (χ0) is 14.9. The Labute approximate surface area is 136 Å². The van der Waals surface area contributed by atoms with E-state index in [9.17, 15) is 4.79 Å². The van der Waals surface area contributed by atoms with E-state index in [0.29, 0.717) is 12.3 Å². The molecule has 2 N–H and O–H groups in total. The Kier molecular flexibility index (Phi) is 6.91. The van der Waals surface area contributed by atoms with Crippen LogP contribution in [0.3, 0.4) is 0 Å². The molecule has 0 spiro atoms. The van der Waals surface area contributed by atoms with Gasteiger partial charge in [-0.2, -0.15) is 10.3 Å². The third-order valence-electron chi connectivity index (χ3n) is 2.52. The highest BCUT2D eigenvalue weighted by atomic mass is 35.5. The molecule has 0 aliphatic rings. The topological polar surface area (TPSA) is 70.7 Å². The molecule has 21 heavy (non-hydrogen) atoms. The van der Waals surface area contributed by atoms with Gasteiger partial charge in [-0.25, -0.2) is 0 Å². The van der Waals surface area contributed by atoms with E-state index in [4.69, 9.17) is 11.6 Å². The summed E-state index contributed by atoms with van der Waals surface area (Å²) in [6, 6.07) is 7.68. The van der Waals surface area contributed by atoms with Gasteiger partial charge >= 0.3 is 0 Å². The van der Waals surface area contributed by atoms with Crippen molar-refractivity contribution in [1.82, 2.24) is 20.7 Å². The second kappa shape index (κ2) is 8.96. The number of amides is 1. The monoisotopic (exact) mass is 342 g/mol. The molecule has 5 nitrogen and oxygen atoms in total. The fraction of sp³-hybridized carbons (Fsp3) is 0.308. The van der Waals surface area contributed by atoms with Gasteiger partial charge in [-0.1, -0.05) is 29.8 Å². The number of rotatable bonds is 8. The van der Waals surface area contributed by atoms with Gasteiger partial charge in [-0.3, -0.25) is 4.79 Å². The minimum Gasteiger partial charge on any atom is -0.355 e. The van der Waals surface area contributed by atoms with Crippen LogP contribution in [0.4, 0.5) is 0 Å². The number of benzene rings is 1. The van der Waals surface area contributed by atoms with Gasteiger partial charge in [0.2, 0.25) is 5.91 Å². The van der Waals surface area contributed by atoms with Crippen molar-refractivity contribution in [1.29, 1.82) is 0 Å². The quantitative estimate of drug-likeness (QED) is 0.570. The van der Waals surface area contributed by atoms with Crippen molar-refractivity contribution >= 4 is 41.0 Å². The summed E-state index contributed by atoms with van der Waals surface area (Å²) in [5, 5.41) is 14.6. The minimum atomic E-state index is 0.0350. The highest BCUT2D eigenvalue weighted by molar-refractivity contribution is 7.99. The molecule has 0 fully saturated rings. The Bertz CT molecular complexity index is 565. The first-order chi connectivity index (χ1) is 10.3. The predicted molar refractivity (Wildman–Crippen MR) is 87.7 cm³/mol. The number of nitrogens with zero attached hydrogens (tertiary/aromatic N) is 2. The van der Waals surface area contributed by atoms with E-state index in [-0.39, 0.29) is 5.91 Å². The van der Waals surface area contributed by atoms with Crippen LogP contribution in [0.15, 0.2) is 35.5 Å². The van der Waals surface area contributed by atoms with Crippen molar-refractivity contribution in [2.24, 2.45) is 0 Å². The normalized spacial score (nSPS) is 10.5. The predicted octanol–water partition coefficient (Wildman–Crippen LogP) is 2.60. The summed E-state index contributed by atoms with van der Waals surface area (Å²) in [5.41, 5.74) is 1.05. The minimum absolute atomic E-state index is 0.0350. The molecule has 1 aromatic carbocycles. The lowest BCUT2D eigenvalue weighted by Gasteiger charge is -2.05. The molecule has 1 aromatic heterocycles. The fourth-order valence-corrected chi connectivity index (χ4v) is 3.32. The van der Waals surface area contributed by atoms with Crippen molar-refractivity contribution in [3.8, 4) is 0 Å². The summed E-state index contributed by atoms with van der Waals surface area (Å²) >= 11 is 9.16. The maximum atomic E-state index is 11.7. The second-order valence-corrected chi connectivity index (χ2v) is 6.60. The number of carbonyl (C=O) groups is 1. The van der Waals surface area contributed by atoms with E-state index in [2.05, 4.69) is 20.7 Å². The molecule has 112 valence electrons. The number of halogens is 1. The van der Waals surface area contributed by atoms with Crippen LogP contribution >= 0.6 is 35.1 Å². The summed E-state index contributed by atoms with van der Waals surface area (Å²) in [6.07, 6.45) is 1.66. The van der Waals surface area contributed by atoms with Crippen molar-refractivity contribution in [3.05, 3.63) is 41.0 Å². The maximum absolute atomic E-state index is 11.7. The maximum Gasteiger partial charge on any atom is 0.230 e. The average molecular weight is 343 g/mol. The molecule has 0 aliphatic carbocycles. The van der Waals surface area contributed by atoms with Crippen molar-refractivity contribution in [2.75, 3.05) is 18.1 Å². The lowest BCUT2D eigenvalue weighted by atomic mass is 10.2. The molecule has 1 heterocycles. The van der Waals surface area contributed by atoms with E-state index in [1.807, 2.05) is 24.3 Å². The van der Waals surface area contributed by atoms with Crippen molar-refractivity contribution in [3.63, 3.8) is 0 Å². The number of hydrogen-bond acceptors (Lipinski definition) is 5. The third kappa shape index (κ3) is 5.99. The van der Waals surface area contributed by atoms with Gasteiger partial charge < -0.3 is 5.32 Å². The Morgan fingerprint density at radius 1 is 1.38 bits per heavy atom. The van der Waals surface area contributed by atoms with Gasteiger partial charge in [0.25, 0.3) is 0 Å². The highest BCUT2D eigenvalue weighted by Crippen LogP contribution is 2.20. The smallest absolute Gasteiger partial charge is 0.230 e. The Balaban J connectivity index is 1.56. The van der Waals surface area contributed by atoms with E-state index in [1.165, 1.54) is 0 Å². The standard InChI is InChI=1S/C13H15ClN4OS2/c14-11-4-2-1-3-10(11)8-20-9-12(19)15-5-6-21-13-7-16-18-17-13/h1-4,7H,5-6,8-9H2,(H,15,19)(H,16,17,18). The number of aromatic nitrogens is 3. The van der Waals surface area contributed by atoms with Gasteiger partial charge in [0.15, 0.2) is 0 Å². The summed E-state index contributed by atoms with van der Waals surface area (Å²) < 4.78 is 0. The van der Waals surface area contributed by atoms with Gasteiger partial charge in [0, 0.05) is 23.1 Å². The van der Waals surface area contributed by atoms with Crippen LogP contribution in [0.5, 0.6) is 0 Å². The molecule has 0 bridgehead atoms. The summed E-state index contributed by atoms with van der Waals surface area (Å²) in [5.74, 6) is 1.97. The second-order valence-electron chi connectivity index (χ2n) is 4.09. The zero-order valence-corrected chi connectivity index (χ0v) is 13.6.